The molecule has 166 valence electrons. The fraction of sp³-hybridized carbons (Fsp3) is 0.800. The molecule has 7 nitrogen and oxygen atoms in total. The van der Waals surface area contributed by atoms with Crippen molar-refractivity contribution in [1.82, 2.24) is 9.74 Å². The van der Waals surface area contributed by atoms with Crippen LogP contribution in [0.15, 0.2) is 11.6 Å². The number of allylic oxidation sites excluding steroid dienone is 1. The van der Waals surface area contributed by atoms with Gasteiger partial charge in [-0.3, -0.25) is 9.69 Å². The number of halogens is 1. The van der Waals surface area contributed by atoms with Gasteiger partial charge in [0.25, 0.3) is 0 Å². The average molecular weight is 449 g/mol. The van der Waals surface area contributed by atoms with Crippen LogP contribution in [0.4, 0.5) is 4.79 Å². The van der Waals surface area contributed by atoms with Crippen LogP contribution in [0.1, 0.15) is 47.0 Å². The smallest absolute Gasteiger partial charge is 0.338 e. The highest BCUT2D eigenvalue weighted by atomic mass is 35.5. The number of aliphatic hydroxyl groups is 1. The van der Waals surface area contributed by atoms with Crippen molar-refractivity contribution in [1.29, 1.82) is 0 Å². The van der Waals surface area contributed by atoms with Gasteiger partial charge in [0.05, 0.1) is 23.9 Å². The zero-order chi connectivity index (χ0) is 22.0. The van der Waals surface area contributed by atoms with Gasteiger partial charge in [0, 0.05) is 37.5 Å². The molecule has 9 heteroatoms. The molecule has 6 unspecified atom stereocenters. The Kier molecular flexibility index (Phi) is 8.06. The number of rotatable bonds is 7. The lowest BCUT2D eigenvalue weighted by Crippen LogP contribution is -2.65. The predicted molar refractivity (Wildman–Crippen MR) is 115 cm³/mol. The Labute approximate surface area is 182 Å². The van der Waals surface area contributed by atoms with Crippen LogP contribution < -0.4 is 4.84 Å². The number of epoxide rings is 1. The molecule has 1 heterocycles. The molecule has 0 aromatic heterocycles. The van der Waals surface area contributed by atoms with Gasteiger partial charge in [0.1, 0.15) is 5.60 Å². The van der Waals surface area contributed by atoms with Crippen LogP contribution in [-0.4, -0.2) is 70.5 Å². The molecular weight excluding hydrogens is 416 g/mol. The molecule has 0 aromatic rings. The minimum Gasteiger partial charge on any atom is -0.389 e. The Bertz CT molecular complexity index is 659. The normalized spacial score (nSPS) is 36.3. The fourth-order valence-electron chi connectivity index (χ4n) is 4.83. The summed E-state index contributed by atoms with van der Waals surface area (Å²) in [6.45, 7) is 7.38. The van der Waals surface area contributed by atoms with Gasteiger partial charge < -0.3 is 14.6 Å². The minimum absolute atomic E-state index is 0.0557. The number of thioether (sulfide) groups is 1. The molecular formula is C20H33ClN2O5S. The Morgan fingerprint density at radius 1 is 1.41 bits per heavy atom. The third-order valence-electron chi connectivity index (χ3n) is 6.13. The monoisotopic (exact) mass is 448 g/mol. The van der Waals surface area contributed by atoms with E-state index in [4.69, 9.17) is 21.3 Å². The third kappa shape index (κ3) is 4.93. The summed E-state index contributed by atoms with van der Waals surface area (Å²) in [5.41, 5.74) is -0.450. The van der Waals surface area contributed by atoms with E-state index in [-0.39, 0.29) is 6.10 Å². The van der Waals surface area contributed by atoms with Gasteiger partial charge in [-0.2, -0.15) is 11.8 Å². The van der Waals surface area contributed by atoms with Gasteiger partial charge in [0.15, 0.2) is 0 Å². The van der Waals surface area contributed by atoms with Crippen LogP contribution >= 0.6 is 23.5 Å². The molecule has 0 spiro atoms. The molecule has 2 rings (SSSR count). The van der Waals surface area contributed by atoms with Crippen LogP contribution in [0.2, 0.25) is 0 Å². The summed E-state index contributed by atoms with van der Waals surface area (Å²) in [7, 11) is 1.54. The summed E-state index contributed by atoms with van der Waals surface area (Å²) in [5, 5.41) is 11.6. The van der Waals surface area contributed by atoms with Gasteiger partial charge >= 0.3 is 6.03 Å². The van der Waals surface area contributed by atoms with Crippen molar-refractivity contribution < 1.29 is 24.2 Å². The van der Waals surface area contributed by atoms with E-state index in [0.29, 0.717) is 18.6 Å². The SMILES string of the molecule is COC1C(N(C(C)=O)C(=O)NCl)CCC(O)(CSC)C1C1(C)OC1CC=C(C)C. The van der Waals surface area contributed by atoms with Gasteiger partial charge in [-0.05, 0) is 46.3 Å². The fourth-order valence-corrected chi connectivity index (χ4v) is 5.74. The average Bonchev–Trinajstić information content (AvgIpc) is 3.31. The third-order valence-corrected chi connectivity index (χ3v) is 7.08. The number of hydrogen-bond donors (Lipinski definition) is 2. The first-order chi connectivity index (χ1) is 13.6. The summed E-state index contributed by atoms with van der Waals surface area (Å²) in [6.07, 6.45) is 5.02. The highest BCUT2D eigenvalue weighted by Gasteiger charge is 2.67. The molecule has 0 radical (unpaired) electrons. The molecule has 0 bridgehead atoms. The zero-order valence-corrected chi connectivity index (χ0v) is 19.6. The molecule has 6 atom stereocenters. The zero-order valence-electron chi connectivity index (χ0n) is 18.0. The molecule has 29 heavy (non-hydrogen) atoms. The lowest BCUT2D eigenvalue weighted by Gasteiger charge is -2.51. The number of amides is 3. The highest BCUT2D eigenvalue weighted by molar-refractivity contribution is 7.98. The number of hydrogen-bond acceptors (Lipinski definition) is 6. The van der Waals surface area contributed by atoms with E-state index >= 15 is 0 Å². The molecule has 1 aliphatic heterocycles. The van der Waals surface area contributed by atoms with E-state index in [1.807, 2.05) is 31.9 Å². The number of methoxy groups -OCH3 is 1. The first kappa shape index (κ1) is 24.5. The quantitative estimate of drug-likeness (QED) is 0.353. The number of carbonyl (C=O) groups is 2. The number of imide groups is 1. The molecule has 3 amide bonds. The van der Waals surface area contributed by atoms with Crippen LogP contribution in [0.5, 0.6) is 0 Å². The van der Waals surface area contributed by atoms with Gasteiger partial charge in [0.2, 0.25) is 5.91 Å². The Morgan fingerprint density at radius 2 is 2.07 bits per heavy atom. The van der Waals surface area contributed by atoms with Crippen molar-refractivity contribution >= 4 is 35.5 Å². The number of nitrogens with zero attached hydrogens (tertiary/aromatic N) is 1. The Balaban J connectivity index is 2.42. The van der Waals surface area contributed by atoms with Crippen LogP contribution in [0, 0.1) is 5.92 Å². The first-order valence-electron chi connectivity index (χ1n) is 9.81. The first-order valence-corrected chi connectivity index (χ1v) is 11.6. The topological polar surface area (TPSA) is 91.4 Å². The standard InChI is InChI=1S/C20H33ClN2O5S/c1-12(2)7-8-15-19(4,28-15)17-16(27-5)14(9-10-20(17,26)11-29-6)23(13(3)24)18(25)22-21/h7,14-17,26H,8-11H2,1-6H3,(H,22,25). The van der Waals surface area contributed by atoms with Gasteiger partial charge in [-0.15, -0.1) is 0 Å². The van der Waals surface area contributed by atoms with Crippen molar-refractivity contribution in [3.63, 3.8) is 0 Å². The van der Waals surface area contributed by atoms with Crippen LogP contribution in [0.25, 0.3) is 0 Å². The van der Waals surface area contributed by atoms with Gasteiger partial charge in [-0.1, -0.05) is 11.6 Å². The molecule has 1 saturated heterocycles. The Hall–Kier alpha value is -0.800. The Morgan fingerprint density at radius 3 is 2.55 bits per heavy atom. The molecule has 2 aliphatic rings. The number of carbonyl (C=O) groups excluding carboxylic acids is 2. The van der Waals surface area contributed by atoms with Crippen LogP contribution in [0.3, 0.4) is 0 Å². The summed E-state index contributed by atoms with van der Waals surface area (Å²) in [6, 6.07) is -1.24. The molecule has 1 aliphatic carbocycles. The molecule has 1 saturated carbocycles. The predicted octanol–water partition coefficient (Wildman–Crippen LogP) is 3.10. The second kappa shape index (κ2) is 9.56. The number of nitrogens with one attached hydrogen (secondary N) is 1. The van der Waals surface area contributed by atoms with E-state index in [1.54, 1.807) is 18.9 Å². The van der Waals surface area contributed by atoms with Crippen molar-refractivity contribution in [2.24, 2.45) is 5.92 Å². The number of urea groups is 1. The van der Waals surface area contributed by atoms with E-state index in [9.17, 15) is 14.7 Å². The summed E-state index contributed by atoms with van der Waals surface area (Å²) >= 11 is 7.08. The second-order valence-corrected chi connectivity index (χ2v) is 9.47. The van der Waals surface area contributed by atoms with E-state index in [2.05, 4.69) is 6.08 Å². The van der Waals surface area contributed by atoms with E-state index in [1.165, 1.54) is 12.5 Å². The molecule has 2 N–H and O–H groups in total. The van der Waals surface area contributed by atoms with Crippen molar-refractivity contribution in [2.45, 2.75) is 76.4 Å². The summed E-state index contributed by atoms with van der Waals surface area (Å²) in [4.78, 5) is 27.7. The maximum atomic E-state index is 12.3. The lowest BCUT2D eigenvalue weighted by molar-refractivity contribution is -0.160. The molecule has 2 fully saturated rings. The number of ether oxygens (including phenoxy) is 2. The van der Waals surface area contributed by atoms with Crippen molar-refractivity contribution in [3.8, 4) is 0 Å². The van der Waals surface area contributed by atoms with Crippen molar-refractivity contribution in [2.75, 3.05) is 19.1 Å². The van der Waals surface area contributed by atoms with Gasteiger partial charge in [-0.25, -0.2) is 9.63 Å². The van der Waals surface area contributed by atoms with E-state index < -0.39 is 41.2 Å². The summed E-state index contributed by atoms with van der Waals surface area (Å²) in [5.74, 6) is -0.320. The van der Waals surface area contributed by atoms with E-state index in [0.717, 1.165) is 11.3 Å². The van der Waals surface area contributed by atoms with Crippen molar-refractivity contribution in [3.05, 3.63) is 11.6 Å². The second-order valence-electron chi connectivity index (χ2n) is 8.42. The van der Waals surface area contributed by atoms with Crippen LogP contribution in [-0.2, 0) is 14.3 Å². The highest BCUT2D eigenvalue weighted by Crippen LogP contribution is 2.55. The largest absolute Gasteiger partial charge is 0.389 e. The lowest BCUT2D eigenvalue weighted by atomic mass is 9.65. The summed E-state index contributed by atoms with van der Waals surface area (Å²) < 4.78 is 12.0. The molecule has 0 aromatic carbocycles. The minimum atomic E-state index is -1.04. The maximum Gasteiger partial charge on any atom is 0.338 e. The maximum absolute atomic E-state index is 12.3.